The number of nitrogens with one attached hydrogen (secondary N) is 1. The second-order valence-corrected chi connectivity index (χ2v) is 7.78. The van der Waals surface area contributed by atoms with Crippen LogP contribution >= 0.6 is 24.8 Å². The molecule has 0 bridgehead atoms. The van der Waals surface area contributed by atoms with E-state index in [1.165, 1.54) is 5.56 Å². The summed E-state index contributed by atoms with van der Waals surface area (Å²) in [4.78, 5) is 14.8. The maximum Gasteiger partial charge on any atom is 0.287 e. The molecule has 0 aliphatic heterocycles. The van der Waals surface area contributed by atoms with Crippen LogP contribution in [0.2, 0.25) is 0 Å². The summed E-state index contributed by atoms with van der Waals surface area (Å²) in [6.07, 6.45) is 0. The minimum atomic E-state index is -0.271. The molecule has 30 heavy (non-hydrogen) atoms. The second-order valence-electron chi connectivity index (χ2n) is 7.78. The average Bonchev–Trinajstić information content (AvgIpc) is 3.04. The summed E-state index contributed by atoms with van der Waals surface area (Å²) in [7, 11) is 3.94. The van der Waals surface area contributed by atoms with Crippen LogP contribution in [0.1, 0.15) is 53.1 Å². The largest absolute Gasteiger partial charge is 0.451 e. The number of carbonyl (C=O) groups excluding carboxylic acids is 1. The Hall–Kier alpha value is -2.05. The Balaban J connectivity index is 0.00000225. The van der Waals surface area contributed by atoms with Gasteiger partial charge in [0.2, 0.25) is 0 Å². The van der Waals surface area contributed by atoms with Crippen LogP contribution in [0.15, 0.2) is 52.9 Å². The first-order chi connectivity index (χ1) is 13.4. The van der Waals surface area contributed by atoms with E-state index >= 15 is 0 Å². The topological polar surface area (TPSA) is 71.5 Å². The molecular weight excluding hydrogens is 421 g/mol. The van der Waals surface area contributed by atoms with Crippen molar-refractivity contribution < 1.29 is 9.21 Å². The lowest BCUT2D eigenvalue weighted by Crippen LogP contribution is -2.32. The van der Waals surface area contributed by atoms with E-state index in [0.717, 1.165) is 22.1 Å². The Kier molecular flexibility index (Phi) is 9.85. The monoisotopic (exact) mass is 451 g/mol. The minimum Gasteiger partial charge on any atom is -0.451 e. The molecule has 2 aromatic carbocycles. The maximum absolute atomic E-state index is 12.8. The first-order valence-electron chi connectivity index (χ1n) is 9.65. The molecule has 3 N–H and O–H groups in total. The van der Waals surface area contributed by atoms with Crippen LogP contribution in [0.3, 0.4) is 0 Å². The summed E-state index contributed by atoms with van der Waals surface area (Å²) in [5, 5.41) is 3.90. The Morgan fingerprint density at radius 3 is 2.23 bits per heavy atom. The van der Waals surface area contributed by atoms with E-state index in [4.69, 9.17) is 10.2 Å². The zero-order valence-corrected chi connectivity index (χ0v) is 19.5. The fourth-order valence-corrected chi connectivity index (χ4v) is 3.28. The van der Waals surface area contributed by atoms with Crippen LogP contribution in [0, 0.1) is 0 Å². The molecule has 1 heterocycles. The van der Waals surface area contributed by atoms with Gasteiger partial charge in [-0.3, -0.25) is 4.79 Å². The van der Waals surface area contributed by atoms with Crippen molar-refractivity contribution in [3.05, 3.63) is 71.0 Å². The molecule has 0 saturated carbocycles. The Morgan fingerprint density at radius 1 is 1.03 bits per heavy atom. The van der Waals surface area contributed by atoms with Gasteiger partial charge < -0.3 is 20.4 Å². The highest BCUT2D eigenvalue weighted by Crippen LogP contribution is 2.27. The third-order valence-electron chi connectivity index (χ3n) is 4.89. The molecule has 3 aromatic rings. The molecule has 3 rings (SSSR count). The van der Waals surface area contributed by atoms with Crippen molar-refractivity contribution in [2.75, 3.05) is 20.6 Å². The van der Waals surface area contributed by atoms with Gasteiger partial charge in [0.05, 0.1) is 0 Å². The molecule has 7 heteroatoms. The van der Waals surface area contributed by atoms with Crippen molar-refractivity contribution >= 4 is 41.7 Å². The number of halogens is 2. The summed E-state index contributed by atoms with van der Waals surface area (Å²) in [6, 6.07) is 15.7. The van der Waals surface area contributed by atoms with Crippen LogP contribution in [0.5, 0.6) is 0 Å². The molecule has 5 nitrogen and oxygen atoms in total. The average molecular weight is 452 g/mol. The van der Waals surface area contributed by atoms with Crippen molar-refractivity contribution in [3.63, 3.8) is 0 Å². The van der Waals surface area contributed by atoms with Crippen molar-refractivity contribution in [1.82, 2.24) is 10.2 Å². The predicted molar refractivity (Wildman–Crippen MR) is 128 cm³/mol. The second kappa shape index (κ2) is 11.4. The zero-order valence-electron chi connectivity index (χ0n) is 17.8. The van der Waals surface area contributed by atoms with Gasteiger partial charge in [-0.2, -0.15) is 0 Å². The Morgan fingerprint density at radius 2 is 1.63 bits per heavy atom. The van der Waals surface area contributed by atoms with Crippen LogP contribution in [-0.4, -0.2) is 31.4 Å². The molecule has 0 fully saturated rings. The van der Waals surface area contributed by atoms with Gasteiger partial charge in [-0.25, -0.2) is 0 Å². The molecule has 1 atom stereocenters. The fraction of sp³-hybridized carbons (Fsp3) is 0.348. The van der Waals surface area contributed by atoms with Gasteiger partial charge in [-0.15, -0.1) is 24.8 Å². The summed E-state index contributed by atoms with van der Waals surface area (Å²) >= 11 is 0. The highest BCUT2D eigenvalue weighted by atomic mass is 35.5. The van der Waals surface area contributed by atoms with Crippen molar-refractivity contribution in [2.24, 2.45) is 5.73 Å². The standard InChI is InChI=1S/C23H29N3O2.2ClH/c1-15(2)16-9-11-17(12-10-16)20(24)13-25-23(27)22-19(14-26(3)4)18-7-5-6-8-21(18)28-22;;/h5-12,15,20H,13-14,24H2,1-4H3,(H,25,27);2*1H. The van der Waals surface area contributed by atoms with E-state index in [1.807, 2.05) is 55.4 Å². The third kappa shape index (κ3) is 5.99. The van der Waals surface area contributed by atoms with Gasteiger partial charge in [0.1, 0.15) is 5.58 Å². The lowest BCUT2D eigenvalue weighted by Gasteiger charge is -2.15. The number of nitrogens with zero attached hydrogens (tertiary/aromatic N) is 1. The SMILES string of the molecule is CC(C)c1ccc(C(N)CNC(=O)c2oc3ccccc3c2CN(C)C)cc1.Cl.Cl. The van der Waals surface area contributed by atoms with E-state index in [0.29, 0.717) is 24.8 Å². The van der Waals surface area contributed by atoms with Crippen molar-refractivity contribution in [3.8, 4) is 0 Å². The van der Waals surface area contributed by atoms with E-state index in [2.05, 4.69) is 31.3 Å². The molecular formula is C23H31Cl2N3O2. The van der Waals surface area contributed by atoms with Crippen LogP contribution < -0.4 is 11.1 Å². The Bertz CT molecular complexity index is 953. The maximum atomic E-state index is 12.8. The normalized spacial score (nSPS) is 11.8. The van der Waals surface area contributed by atoms with Gasteiger partial charge in [-0.05, 0) is 37.2 Å². The first-order valence-corrected chi connectivity index (χ1v) is 9.65. The number of rotatable bonds is 7. The van der Waals surface area contributed by atoms with Gasteiger partial charge in [0.15, 0.2) is 5.76 Å². The quantitative estimate of drug-likeness (QED) is 0.536. The smallest absolute Gasteiger partial charge is 0.287 e. The number of para-hydroxylation sites is 1. The number of benzene rings is 2. The van der Waals surface area contributed by atoms with E-state index in [9.17, 15) is 4.79 Å². The molecule has 0 radical (unpaired) electrons. The summed E-state index contributed by atoms with van der Waals surface area (Å²) < 4.78 is 5.86. The van der Waals surface area contributed by atoms with Crippen LogP contribution in [-0.2, 0) is 6.54 Å². The molecule has 0 saturated heterocycles. The van der Waals surface area contributed by atoms with Crippen LogP contribution in [0.25, 0.3) is 11.0 Å². The zero-order chi connectivity index (χ0) is 20.3. The van der Waals surface area contributed by atoms with Gasteiger partial charge in [0.25, 0.3) is 5.91 Å². The summed E-state index contributed by atoms with van der Waals surface area (Å²) in [5.74, 6) is 0.604. The van der Waals surface area contributed by atoms with Crippen molar-refractivity contribution in [1.29, 1.82) is 0 Å². The lowest BCUT2D eigenvalue weighted by molar-refractivity contribution is 0.0923. The van der Waals surface area contributed by atoms with Gasteiger partial charge in [-0.1, -0.05) is 56.3 Å². The number of nitrogens with two attached hydrogens (primary N) is 1. The molecule has 164 valence electrons. The Labute approximate surface area is 190 Å². The number of hydrogen-bond donors (Lipinski definition) is 2. The van der Waals surface area contributed by atoms with E-state index in [-0.39, 0.29) is 36.8 Å². The van der Waals surface area contributed by atoms with E-state index < -0.39 is 0 Å². The number of furan rings is 1. The number of carbonyl (C=O) groups is 1. The highest BCUT2D eigenvalue weighted by Gasteiger charge is 2.21. The number of amides is 1. The molecule has 0 aliphatic carbocycles. The summed E-state index contributed by atoms with van der Waals surface area (Å²) in [5.41, 5.74) is 10.2. The number of fused-ring (bicyclic) bond motifs is 1. The molecule has 1 aromatic heterocycles. The van der Waals surface area contributed by atoms with Gasteiger partial charge >= 0.3 is 0 Å². The molecule has 0 aliphatic rings. The van der Waals surface area contributed by atoms with Crippen LogP contribution in [0.4, 0.5) is 0 Å². The van der Waals surface area contributed by atoms with E-state index in [1.54, 1.807) is 0 Å². The van der Waals surface area contributed by atoms with Crippen molar-refractivity contribution in [2.45, 2.75) is 32.4 Å². The molecule has 1 unspecified atom stereocenters. The third-order valence-corrected chi connectivity index (χ3v) is 4.89. The fourth-order valence-electron chi connectivity index (χ4n) is 3.28. The molecule has 1 amide bonds. The lowest BCUT2D eigenvalue weighted by atomic mass is 9.99. The predicted octanol–water partition coefficient (Wildman–Crippen LogP) is 4.89. The highest BCUT2D eigenvalue weighted by molar-refractivity contribution is 5.99. The van der Waals surface area contributed by atoms with Gasteiger partial charge in [0, 0.05) is 30.1 Å². The first kappa shape index (κ1) is 26.0. The minimum absolute atomic E-state index is 0. The summed E-state index contributed by atoms with van der Waals surface area (Å²) in [6.45, 7) is 5.29. The number of hydrogen-bond acceptors (Lipinski definition) is 4. The molecule has 0 spiro atoms.